The molecule has 0 radical (unpaired) electrons. The van der Waals surface area contributed by atoms with Crippen LogP contribution in [0.4, 0.5) is 0 Å². The van der Waals surface area contributed by atoms with Gasteiger partial charge < -0.3 is 10.2 Å². The van der Waals surface area contributed by atoms with Gasteiger partial charge in [-0.1, -0.05) is 48.5 Å². The Labute approximate surface area is 121 Å². The number of hydrogen-bond acceptors (Lipinski definition) is 3. The van der Waals surface area contributed by atoms with Crippen LogP contribution in [0.25, 0.3) is 0 Å². The first-order chi connectivity index (χ1) is 10.0. The van der Waals surface area contributed by atoms with Gasteiger partial charge in [-0.25, -0.2) is 9.59 Å². The molecule has 2 aromatic rings. The van der Waals surface area contributed by atoms with Gasteiger partial charge in [-0.3, -0.25) is 4.79 Å². The van der Waals surface area contributed by atoms with Crippen LogP contribution >= 0.6 is 0 Å². The molecule has 5 heteroatoms. The predicted octanol–water partition coefficient (Wildman–Crippen LogP) is 2.27. The Balaban J connectivity index is 0.000000219. The zero-order valence-electron chi connectivity index (χ0n) is 11.1. The summed E-state index contributed by atoms with van der Waals surface area (Å²) in [4.78, 5) is 31.1. The lowest BCUT2D eigenvalue weighted by molar-refractivity contribution is -0.148. The van der Waals surface area contributed by atoms with Crippen molar-refractivity contribution in [3.63, 3.8) is 0 Å². The zero-order chi connectivity index (χ0) is 15.7. The Morgan fingerprint density at radius 2 is 1.24 bits per heavy atom. The van der Waals surface area contributed by atoms with Crippen LogP contribution < -0.4 is 0 Å². The van der Waals surface area contributed by atoms with Gasteiger partial charge in [0.05, 0.1) is 5.56 Å². The minimum atomic E-state index is -1.38. The highest BCUT2D eigenvalue weighted by Gasteiger charge is 2.10. The van der Waals surface area contributed by atoms with Crippen molar-refractivity contribution in [2.24, 2.45) is 0 Å². The first-order valence-electron chi connectivity index (χ1n) is 6.09. The number of carboxylic acids is 2. The fraction of sp³-hybridized carbons (Fsp3) is 0.0625. The van der Waals surface area contributed by atoms with Crippen LogP contribution in [-0.2, 0) is 16.0 Å². The molecule has 0 heterocycles. The Hall–Kier alpha value is -2.95. The van der Waals surface area contributed by atoms with E-state index in [1.54, 1.807) is 54.6 Å². The standard InChI is InChI=1S/C9H8O3.C7H6O2/c10-8(9(11)12)6-7-4-2-1-3-5-7;8-7(9)6-4-2-1-3-5-6/h1-5H,6H2,(H,11,12);1-5H,(H,8,9). The van der Waals surface area contributed by atoms with Gasteiger partial charge in [0.25, 0.3) is 0 Å². The average Bonchev–Trinajstić information content (AvgIpc) is 2.49. The molecule has 0 amide bonds. The number of aliphatic carboxylic acids is 1. The Kier molecular flexibility index (Phi) is 6.34. The molecule has 21 heavy (non-hydrogen) atoms. The van der Waals surface area contributed by atoms with E-state index in [-0.39, 0.29) is 6.42 Å². The van der Waals surface area contributed by atoms with Crippen molar-refractivity contribution in [1.29, 1.82) is 0 Å². The summed E-state index contributed by atoms with van der Waals surface area (Å²) < 4.78 is 0. The highest BCUT2D eigenvalue weighted by Crippen LogP contribution is 1.99. The number of ketones is 1. The van der Waals surface area contributed by atoms with Crippen molar-refractivity contribution >= 4 is 17.7 Å². The monoisotopic (exact) mass is 286 g/mol. The summed E-state index contributed by atoms with van der Waals surface area (Å²) >= 11 is 0. The van der Waals surface area contributed by atoms with Crippen LogP contribution in [0.1, 0.15) is 15.9 Å². The van der Waals surface area contributed by atoms with E-state index in [0.29, 0.717) is 5.56 Å². The molecule has 0 aliphatic heterocycles. The number of carbonyl (C=O) groups is 3. The number of carbonyl (C=O) groups excluding carboxylic acids is 1. The molecular weight excluding hydrogens is 272 g/mol. The van der Waals surface area contributed by atoms with Crippen molar-refractivity contribution in [2.45, 2.75) is 6.42 Å². The molecule has 108 valence electrons. The van der Waals surface area contributed by atoms with Crippen molar-refractivity contribution in [3.8, 4) is 0 Å². The maximum Gasteiger partial charge on any atom is 0.372 e. The Morgan fingerprint density at radius 3 is 1.62 bits per heavy atom. The van der Waals surface area contributed by atoms with Crippen LogP contribution in [0.3, 0.4) is 0 Å². The van der Waals surface area contributed by atoms with E-state index in [9.17, 15) is 14.4 Å². The lowest BCUT2D eigenvalue weighted by Gasteiger charge is -1.94. The van der Waals surface area contributed by atoms with E-state index in [4.69, 9.17) is 10.2 Å². The van der Waals surface area contributed by atoms with Crippen molar-refractivity contribution < 1.29 is 24.6 Å². The summed E-state index contributed by atoms with van der Waals surface area (Å²) in [6, 6.07) is 17.1. The molecule has 2 N–H and O–H groups in total. The molecule has 0 fully saturated rings. The van der Waals surface area contributed by atoms with Crippen LogP contribution in [0, 0.1) is 0 Å². The second-order valence-corrected chi connectivity index (χ2v) is 4.06. The summed E-state index contributed by atoms with van der Waals surface area (Å²) in [6.07, 6.45) is -0.0316. The summed E-state index contributed by atoms with van der Waals surface area (Å²) in [5, 5.41) is 16.7. The second kappa shape index (κ2) is 8.27. The summed E-state index contributed by atoms with van der Waals surface area (Å²) in [5.41, 5.74) is 1.06. The van der Waals surface area contributed by atoms with Crippen LogP contribution in [0.15, 0.2) is 60.7 Å². The largest absolute Gasteiger partial charge is 0.478 e. The SMILES string of the molecule is O=C(O)C(=O)Cc1ccccc1.O=C(O)c1ccccc1. The summed E-state index contributed by atoms with van der Waals surface area (Å²) in [5.74, 6) is -3.03. The molecule has 0 aliphatic carbocycles. The van der Waals surface area contributed by atoms with E-state index in [2.05, 4.69) is 0 Å². The Morgan fingerprint density at radius 1 is 0.762 bits per heavy atom. The Bertz CT molecular complexity index is 605. The molecular formula is C16H14O5. The van der Waals surface area contributed by atoms with Gasteiger partial charge in [0, 0.05) is 6.42 Å². The van der Waals surface area contributed by atoms with Gasteiger partial charge in [-0.2, -0.15) is 0 Å². The van der Waals surface area contributed by atoms with Gasteiger partial charge >= 0.3 is 11.9 Å². The highest BCUT2D eigenvalue weighted by molar-refractivity contribution is 6.33. The fourth-order valence-electron chi connectivity index (χ4n) is 1.44. The van der Waals surface area contributed by atoms with Gasteiger partial charge in [-0.15, -0.1) is 0 Å². The van der Waals surface area contributed by atoms with E-state index in [1.807, 2.05) is 6.07 Å². The third-order valence-corrected chi connectivity index (χ3v) is 2.47. The van der Waals surface area contributed by atoms with Crippen LogP contribution in [-0.4, -0.2) is 27.9 Å². The predicted molar refractivity (Wildman–Crippen MR) is 76.2 cm³/mol. The second-order valence-electron chi connectivity index (χ2n) is 4.06. The van der Waals surface area contributed by atoms with E-state index in [1.165, 1.54) is 0 Å². The maximum absolute atomic E-state index is 10.7. The average molecular weight is 286 g/mol. The molecule has 0 aliphatic rings. The molecule has 0 unspecified atom stereocenters. The smallest absolute Gasteiger partial charge is 0.372 e. The normalized spacial score (nSPS) is 9.14. The summed E-state index contributed by atoms with van der Waals surface area (Å²) in [6.45, 7) is 0. The molecule has 0 bridgehead atoms. The number of Topliss-reactive ketones (excluding diaryl/α,β-unsaturated/α-hetero) is 1. The zero-order valence-corrected chi connectivity index (χ0v) is 11.1. The quantitative estimate of drug-likeness (QED) is 0.841. The number of aromatic carboxylic acids is 1. The maximum atomic E-state index is 10.7. The first kappa shape index (κ1) is 16.1. The van der Waals surface area contributed by atoms with Gasteiger partial charge in [0.1, 0.15) is 0 Å². The molecule has 0 aromatic heterocycles. The topological polar surface area (TPSA) is 91.7 Å². The molecule has 0 spiro atoms. The first-order valence-corrected chi connectivity index (χ1v) is 6.09. The number of rotatable bonds is 4. The number of carboxylic acid groups (broad SMARTS) is 2. The molecule has 0 atom stereocenters. The van der Waals surface area contributed by atoms with Crippen LogP contribution in [0.5, 0.6) is 0 Å². The fourth-order valence-corrected chi connectivity index (χ4v) is 1.44. The van der Waals surface area contributed by atoms with Crippen molar-refractivity contribution in [2.75, 3.05) is 0 Å². The van der Waals surface area contributed by atoms with Crippen molar-refractivity contribution in [3.05, 3.63) is 71.8 Å². The lowest BCUT2D eigenvalue weighted by Crippen LogP contribution is -2.14. The lowest BCUT2D eigenvalue weighted by atomic mass is 10.1. The van der Waals surface area contributed by atoms with E-state index < -0.39 is 17.7 Å². The van der Waals surface area contributed by atoms with Gasteiger partial charge in [-0.05, 0) is 17.7 Å². The van der Waals surface area contributed by atoms with Crippen molar-refractivity contribution in [1.82, 2.24) is 0 Å². The highest BCUT2D eigenvalue weighted by atomic mass is 16.4. The number of benzene rings is 2. The van der Waals surface area contributed by atoms with Crippen LogP contribution in [0.2, 0.25) is 0 Å². The molecule has 0 saturated carbocycles. The third-order valence-electron chi connectivity index (χ3n) is 2.47. The molecule has 5 nitrogen and oxygen atoms in total. The van der Waals surface area contributed by atoms with Gasteiger partial charge in [0.2, 0.25) is 5.78 Å². The minimum Gasteiger partial charge on any atom is -0.478 e. The molecule has 2 aromatic carbocycles. The van der Waals surface area contributed by atoms with E-state index in [0.717, 1.165) is 5.56 Å². The third kappa shape index (κ3) is 6.15. The summed E-state index contributed by atoms with van der Waals surface area (Å²) in [7, 11) is 0. The molecule has 0 saturated heterocycles. The minimum absolute atomic E-state index is 0.0316. The molecule has 2 rings (SSSR count). The van der Waals surface area contributed by atoms with Gasteiger partial charge in [0.15, 0.2) is 0 Å². The number of hydrogen-bond donors (Lipinski definition) is 2. The van der Waals surface area contributed by atoms with E-state index >= 15 is 0 Å².